The standard InChI is InChI=1S/C20H19N7O2/c1-13-22-15-4-2-3-5-16(15)27(13)20-24-18(14-6-7-21-17(28)12-14)23-19(25-20)26-8-10-29-11-9-26/h2-7,12H,8-11H2,1H3,(H,21,28). The van der Waals surface area contributed by atoms with Gasteiger partial charge in [0.05, 0.1) is 24.2 Å². The zero-order valence-corrected chi connectivity index (χ0v) is 15.9. The number of fused-ring (bicyclic) bond motifs is 1. The Morgan fingerprint density at radius 2 is 1.76 bits per heavy atom. The normalized spacial score (nSPS) is 14.4. The summed E-state index contributed by atoms with van der Waals surface area (Å²) in [6, 6.07) is 11.2. The van der Waals surface area contributed by atoms with Gasteiger partial charge < -0.3 is 14.7 Å². The van der Waals surface area contributed by atoms with Gasteiger partial charge in [0.2, 0.25) is 17.8 Å². The van der Waals surface area contributed by atoms with E-state index in [2.05, 4.69) is 19.9 Å². The number of morpholine rings is 1. The Kier molecular flexibility index (Phi) is 4.28. The van der Waals surface area contributed by atoms with Gasteiger partial charge in [-0.1, -0.05) is 12.1 Å². The van der Waals surface area contributed by atoms with Crippen LogP contribution in [0.4, 0.5) is 5.95 Å². The number of anilines is 1. The molecule has 4 aromatic rings. The number of ether oxygens (including phenoxy) is 1. The molecule has 0 aliphatic carbocycles. The van der Waals surface area contributed by atoms with Crippen LogP contribution >= 0.6 is 0 Å². The molecular formula is C20H19N7O2. The molecule has 1 N–H and O–H groups in total. The van der Waals surface area contributed by atoms with Crippen LogP contribution in [0.25, 0.3) is 28.4 Å². The number of pyridine rings is 1. The lowest BCUT2D eigenvalue weighted by molar-refractivity contribution is 0.122. The number of aromatic hydroxyl groups is 1. The molecule has 0 amide bonds. The highest BCUT2D eigenvalue weighted by molar-refractivity contribution is 5.77. The summed E-state index contributed by atoms with van der Waals surface area (Å²) in [6.07, 6.45) is 1.53. The van der Waals surface area contributed by atoms with Crippen molar-refractivity contribution in [2.24, 2.45) is 0 Å². The fourth-order valence-corrected chi connectivity index (χ4v) is 3.44. The van der Waals surface area contributed by atoms with Crippen LogP contribution in [0, 0.1) is 6.92 Å². The van der Waals surface area contributed by atoms with Gasteiger partial charge in [-0.3, -0.25) is 4.57 Å². The summed E-state index contributed by atoms with van der Waals surface area (Å²) in [5.41, 5.74) is 2.46. The number of nitrogens with zero attached hydrogens (tertiary/aromatic N) is 7. The van der Waals surface area contributed by atoms with Gasteiger partial charge in [-0.2, -0.15) is 15.0 Å². The quantitative estimate of drug-likeness (QED) is 0.568. The lowest BCUT2D eigenvalue weighted by atomic mass is 10.2. The first-order chi connectivity index (χ1) is 14.2. The van der Waals surface area contributed by atoms with Crippen LogP contribution in [0.15, 0.2) is 42.6 Å². The van der Waals surface area contributed by atoms with Crippen LogP contribution in [0.5, 0.6) is 5.88 Å². The smallest absolute Gasteiger partial charge is 0.241 e. The molecule has 0 radical (unpaired) electrons. The van der Waals surface area contributed by atoms with Gasteiger partial charge in [0.1, 0.15) is 5.82 Å². The largest absolute Gasteiger partial charge is 0.493 e. The Bertz CT molecular complexity index is 1180. The van der Waals surface area contributed by atoms with Gasteiger partial charge >= 0.3 is 0 Å². The Labute approximate surface area is 166 Å². The van der Waals surface area contributed by atoms with Crippen molar-refractivity contribution < 1.29 is 9.84 Å². The first-order valence-corrected chi connectivity index (χ1v) is 9.38. The highest BCUT2D eigenvalue weighted by atomic mass is 16.5. The number of hydrogen-bond acceptors (Lipinski definition) is 8. The second-order valence-corrected chi connectivity index (χ2v) is 6.74. The molecule has 0 atom stereocenters. The monoisotopic (exact) mass is 389 g/mol. The molecule has 1 aliphatic heterocycles. The Morgan fingerprint density at radius 3 is 2.59 bits per heavy atom. The summed E-state index contributed by atoms with van der Waals surface area (Å²) in [4.78, 5) is 24.7. The molecule has 1 aromatic carbocycles. The van der Waals surface area contributed by atoms with Crippen LogP contribution in [-0.2, 0) is 4.74 Å². The molecule has 29 heavy (non-hydrogen) atoms. The summed E-state index contributed by atoms with van der Waals surface area (Å²) in [5.74, 6) is 2.22. The van der Waals surface area contributed by atoms with Gasteiger partial charge in [-0.05, 0) is 25.1 Å². The molecule has 1 saturated heterocycles. The number of para-hydroxylation sites is 2. The first kappa shape index (κ1) is 17.5. The number of rotatable bonds is 3. The highest BCUT2D eigenvalue weighted by Gasteiger charge is 2.20. The molecule has 0 spiro atoms. The molecule has 0 bridgehead atoms. The number of benzene rings is 1. The molecular weight excluding hydrogens is 370 g/mol. The molecule has 5 rings (SSSR count). The maximum atomic E-state index is 9.81. The predicted octanol–water partition coefficient (Wildman–Crippen LogP) is 2.12. The zero-order valence-electron chi connectivity index (χ0n) is 15.9. The molecule has 3 aromatic heterocycles. The lowest BCUT2D eigenvalue weighted by Gasteiger charge is -2.27. The molecule has 9 nitrogen and oxygen atoms in total. The minimum Gasteiger partial charge on any atom is -0.493 e. The molecule has 1 fully saturated rings. The van der Waals surface area contributed by atoms with E-state index in [1.165, 1.54) is 6.20 Å². The third-order valence-electron chi connectivity index (χ3n) is 4.84. The second-order valence-electron chi connectivity index (χ2n) is 6.74. The molecule has 4 heterocycles. The maximum absolute atomic E-state index is 9.81. The van der Waals surface area contributed by atoms with Crippen molar-refractivity contribution in [3.8, 4) is 23.2 Å². The van der Waals surface area contributed by atoms with Crippen molar-refractivity contribution in [2.45, 2.75) is 6.92 Å². The molecule has 0 saturated carbocycles. The van der Waals surface area contributed by atoms with Crippen molar-refractivity contribution in [1.82, 2.24) is 29.5 Å². The van der Waals surface area contributed by atoms with E-state index >= 15 is 0 Å². The number of aromatic nitrogens is 6. The van der Waals surface area contributed by atoms with Gasteiger partial charge in [0.25, 0.3) is 0 Å². The molecule has 146 valence electrons. The van der Waals surface area contributed by atoms with Crippen LogP contribution in [0.3, 0.4) is 0 Å². The highest BCUT2D eigenvalue weighted by Crippen LogP contribution is 2.25. The number of aryl methyl sites for hydroxylation is 1. The summed E-state index contributed by atoms with van der Waals surface area (Å²) in [7, 11) is 0. The molecule has 9 heteroatoms. The van der Waals surface area contributed by atoms with Crippen LogP contribution in [0.1, 0.15) is 5.82 Å². The number of imidazole rings is 1. The van der Waals surface area contributed by atoms with E-state index in [-0.39, 0.29) is 5.88 Å². The summed E-state index contributed by atoms with van der Waals surface area (Å²) >= 11 is 0. The lowest BCUT2D eigenvalue weighted by Crippen LogP contribution is -2.37. The topological polar surface area (TPSA) is 102 Å². The average molecular weight is 389 g/mol. The summed E-state index contributed by atoms with van der Waals surface area (Å²) in [6.45, 7) is 4.58. The summed E-state index contributed by atoms with van der Waals surface area (Å²) < 4.78 is 7.38. The second kappa shape index (κ2) is 7.10. The van der Waals surface area contributed by atoms with Crippen LogP contribution in [-0.4, -0.2) is 60.9 Å². The van der Waals surface area contributed by atoms with Gasteiger partial charge in [0, 0.05) is 30.9 Å². The third kappa shape index (κ3) is 3.25. The van der Waals surface area contributed by atoms with Crippen LogP contribution < -0.4 is 4.90 Å². The molecule has 0 unspecified atom stereocenters. The van der Waals surface area contributed by atoms with E-state index in [9.17, 15) is 5.11 Å². The van der Waals surface area contributed by atoms with E-state index in [0.717, 1.165) is 16.9 Å². The van der Waals surface area contributed by atoms with Crippen molar-refractivity contribution in [1.29, 1.82) is 0 Å². The van der Waals surface area contributed by atoms with Crippen molar-refractivity contribution >= 4 is 17.0 Å². The van der Waals surface area contributed by atoms with Crippen LogP contribution in [0.2, 0.25) is 0 Å². The van der Waals surface area contributed by atoms with Gasteiger partial charge in [-0.15, -0.1) is 0 Å². The fourth-order valence-electron chi connectivity index (χ4n) is 3.44. The first-order valence-electron chi connectivity index (χ1n) is 9.38. The van der Waals surface area contributed by atoms with Crippen molar-refractivity contribution in [2.75, 3.05) is 31.2 Å². The van der Waals surface area contributed by atoms with E-state index in [0.29, 0.717) is 49.6 Å². The van der Waals surface area contributed by atoms with Crippen molar-refractivity contribution in [3.63, 3.8) is 0 Å². The Hall–Kier alpha value is -3.59. The maximum Gasteiger partial charge on any atom is 0.241 e. The number of hydrogen-bond donors (Lipinski definition) is 1. The van der Waals surface area contributed by atoms with E-state index < -0.39 is 0 Å². The van der Waals surface area contributed by atoms with E-state index in [1.807, 2.05) is 35.8 Å². The van der Waals surface area contributed by atoms with E-state index in [1.54, 1.807) is 12.1 Å². The fraction of sp³-hybridized carbons (Fsp3) is 0.250. The van der Waals surface area contributed by atoms with Crippen molar-refractivity contribution in [3.05, 3.63) is 48.4 Å². The summed E-state index contributed by atoms with van der Waals surface area (Å²) in [5, 5.41) is 9.81. The SMILES string of the molecule is Cc1nc2ccccc2n1-c1nc(-c2ccnc(O)c2)nc(N2CCOCC2)n1. The van der Waals surface area contributed by atoms with Gasteiger partial charge in [-0.25, -0.2) is 9.97 Å². The minimum atomic E-state index is -0.0818. The average Bonchev–Trinajstić information content (AvgIpc) is 3.10. The Morgan fingerprint density at radius 1 is 0.966 bits per heavy atom. The van der Waals surface area contributed by atoms with Gasteiger partial charge in [0.15, 0.2) is 5.82 Å². The Balaban J connectivity index is 1.71. The molecule has 1 aliphatic rings. The minimum absolute atomic E-state index is 0.0818. The van der Waals surface area contributed by atoms with E-state index in [4.69, 9.17) is 14.7 Å². The zero-order chi connectivity index (χ0) is 19.8. The third-order valence-corrected chi connectivity index (χ3v) is 4.84. The predicted molar refractivity (Wildman–Crippen MR) is 107 cm³/mol.